The summed E-state index contributed by atoms with van der Waals surface area (Å²) in [6, 6.07) is 3.49. The third kappa shape index (κ3) is 7.28. The first kappa shape index (κ1) is 31.6. The van der Waals surface area contributed by atoms with Gasteiger partial charge in [-0.2, -0.15) is 4.98 Å². The summed E-state index contributed by atoms with van der Waals surface area (Å²) >= 11 is 8.84. The van der Waals surface area contributed by atoms with Gasteiger partial charge in [-0.1, -0.05) is 12.6 Å². The SMILES string of the molecule is Nc1nc2c(ncn2[C@@H]2O[C@H](COP)[C@@H](F)[C@H]2OP(O)(=S)OCc2nc(-c3ccncc3)cn2CCOC(=O)S)c(=O)[nH]1. The van der Waals surface area contributed by atoms with E-state index in [1.807, 2.05) is 9.47 Å². The number of H-pyrrole nitrogens is 1. The minimum absolute atomic E-state index is 0.000710. The maximum absolute atomic E-state index is 15.6. The van der Waals surface area contributed by atoms with Crippen molar-refractivity contribution >= 4 is 63.0 Å². The van der Waals surface area contributed by atoms with Crippen molar-refractivity contribution in [2.45, 2.75) is 37.8 Å². The number of halogens is 1. The van der Waals surface area contributed by atoms with Crippen molar-refractivity contribution < 1.29 is 37.1 Å². The molecule has 21 heteroatoms. The zero-order valence-corrected chi connectivity index (χ0v) is 25.7. The Labute approximate surface area is 255 Å². The van der Waals surface area contributed by atoms with Gasteiger partial charge in [0.2, 0.25) is 5.95 Å². The minimum atomic E-state index is -4.17. The van der Waals surface area contributed by atoms with Crippen molar-refractivity contribution in [3.63, 3.8) is 0 Å². The zero-order chi connectivity index (χ0) is 30.7. The van der Waals surface area contributed by atoms with E-state index in [1.165, 1.54) is 10.9 Å². The van der Waals surface area contributed by atoms with Crippen LogP contribution in [0.3, 0.4) is 0 Å². The van der Waals surface area contributed by atoms with Crippen molar-refractivity contribution in [1.29, 1.82) is 0 Å². The van der Waals surface area contributed by atoms with Crippen LogP contribution in [0.15, 0.2) is 41.8 Å². The lowest BCUT2D eigenvalue weighted by molar-refractivity contribution is -0.0428. The summed E-state index contributed by atoms with van der Waals surface area (Å²) in [6.45, 7) is -4.54. The van der Waals surface area contributed by atoms with Crippen LogP contribution in [-0.4, -0.2) is 75.8 Å². The topological polar surface area (TPSA) is 204 Å². The van der Waals surface area contributed by atoms with Gasteiger partial charge in [0.1, 0.15) is 31.2 Å². The molecule has 230 valence electrons. The molecule has 1 saturated heterocycles. The molecule has 0 aromatic carbocycles. The summed E-state index contributed by atoms with van der Waals surface area (Å²) in [4.78, 5) is 53.4. The number of aromatic nitrogens is 7. The van der Waals surface area contributed by atoms with Gasteiger partial charge in [-0.05, 0) is 23.9 Å². The second-order valence-corrected chi connectivity index (χ2v) is 12.5. The van der Waals surface area contributed by atoms with Gasteiger partial charge in [0, 0.05) is 33.6 Å². The molecular formula is C22H25FN8O8P2S2. The molecule has 6 atom stereocenters. The van der Waals surface area contributed by atoms with Gasteiger partial charge in [-0.25, -0.2) is 19.2 Å². The number of nitrogens with two attached hydrogens (primary N) is 1. The number of alkyl halides is 1. The molecule has 0 radical (unpaired) electrons. The van der Waals surface area contributed by atoms with E-state index in [1.54, 1.807) is 35.3 Å². The number of anilines is 1. The minimum Gasteiger partial charge on any atom is -0.456 e. The Bertz CT molecular complexity index is 1710. The van der Waals surface area contributed by atoms with Gasteiger partial charge in [0.15, 0.2) is 23.6 Å². The van der Waals surface area contributed by atoms with Crippen LogP contribution in [0.2, 0.25) is 0 Å². The largest absolute Gasteiger partial charge is 0.456 e. The Balaban J connectivity index is 1.38. The number of carbonyl (C=O) groups is 1. The van der Waals surface area contributed by atoms with E-state index >= 15 is 4.39 Å². The standard InChI is InChI=1S/C22H25FN8O8P2S2/c23-15-13(8-36-40)38-20(31-10-26-16-18(31)28-21(24)29-19(16)32)17(15)39-41(34,43)37-9-14-27-12(11-1-3-25-4-2-11)7-30(14)5-6-35-22(33)42/h1-4,7,10,13,15,17,20H,5-6,8-9,40H2,(H,33,42)(H,34,43)(H3,24,28,29,32)/t13-,15-,17-,20-,41?/m1/s1. The fourth-order valence-corrected chi connectivity index (χ4v) is 5.97. The molecule has 5 rings (SSSR count). The van der Waals surface area contributed by atoms with Crippen LogP contribution in [0.5, 0.6) is 0 Å². The predicted molar refractivity (Wildman–Crippen MR) is 159 cm³/mol. The molecule has 16 nitrogen and oxygen atoms in total. The van der Waals surface area contributed by atoms with Crippen molar-refractivity contribution in [3.8, 4) is 11.3 Å². The highest BCUT2D eigenvalue weighted by Gasteiger charge is 2.50. The fraction of sp³-hybridized carbons (Fsp3) is 0.364. The number of aromatic amines is 1. The predicted octanol–water partition coefficient (Wildman–Crippen LogP) is 1.89. The number of nitrogens with zero attached hydrogens (tertiary/aromatic N) is 6. The van der Waals surface area contributed by atoms with Gasteiger partial charge in [-0.15, -0.1) is 0 Å². The number of fused-ring (bicyclic) bond motifs is 1. The zero-order valence-electron chi connectivity index (χ0n) is 21.9. The average molecular weight is 675 g/mol. The molecule has 4 N–H and O–H groups in total. The van der Waals surface area contributed by atoms with Crippen LogP contribution in [-0.2, 0) is 48.0 Å². The van der Waals surface area contributed by atoms with Crippen molar-refractivity contribution in [2.24, 2.45) is 0 Å². The Kier molecular flexibility index (Phi) is 9.85. The number of rotatable bonds is 12. The lowest BCUT2D eigenvalue weighted by Gasteiger charge is -2.25. The molecule has 0 saturated carbocycles. The molecule has 1 aliphatic heterocycles. The number of nitrogens with one attached hydrogen (secondary N) is 1. The van der Waals surface area contributed by atoms with E-state index in [2.05, 4.69) is 37.5 Å². The number of thiol groups is 1. The highest BCUT2D eigenvalue weighted by atomic mass is 32.5. The van der Waals surface area contributed by atoms with Crippen molar-refractivity contribution in [3.05, 3.63) is 53.2 Å². The molecule has 0 aliphatic carbocycles. The summed E-state index contributed by atoms with van der Waals surface area (Å²) in [7, 11) is 2.00. The quantitative estimate of drug-likeness (QED) is 0.0963. The Morgan fingerprint density at radius 2 is 2.12 bits per heavy atom. The van der Waals surface area contributed by atoms with Crippen LogP contribution in [0.1, 0.15) is 12.1 Å². The molecule has 5 heterocycles. The highest BCUT2D eigenvalue weighted by Crippen LogP contribution is 2.51. The molecule has 43 heavy (non-hydrogen) atoms. The van der Waals surface area contributed by atoms with E-state index in [9.17, 15) is 14.5 Å². The number of pyridine rings is 1. The van der Waals surface area contributed by atoms with Gasteiger partial charge in [0.25, 0.3) is 5.56 Å². The third-order valence-corrected chi connectivity index (χ3v) is 8.12. The Morgan fingerprint density at radius 1 is 1.35 bits per heavy atom. The molecule has 2 unspecified atom stereocenters. The van der Waals surface area contributed by atoms with Gasteiger partial charge < -0.3 is 33.7 Å². The first-order valence-corrected chi connectivity index (χ1v) is 15.9. The molecular weight excluding hydrogens is 649 g/mol. The number of carbonyl (C=O) groups excluding carboxylic acids is 1. The van der Waals surface area contributed by atoms with E-state index in [0.717, 1.165) is 5.56 Å². The van der Waals surface area contributed by atoms with Crippen LogP contribution >= 0.6 is 28.8 Å². The van der Waals surface area contributed by atoms with Crippen LogP contribution in [0.4, 0.5) is 15.1 Å². The lowest BCUT2D eigenvalue weighted by Crippen LogP contribution is -2.32. The molecule has 0 spiro atoms. The fourth-order valence-electron chi connectivity index (χ4n) is 4.37. The molecule has 1 aliphatic rings. The van der Waals surface area contributed by atoms with Crippen molar-refractivity contribution in [2.75, 3.05) is 18.9 Å². The first-order valence-electron chi connectivity index (χ1n) is 12.4. The van der Waals surface area contributed by atoms with Crippen LogP contribution < -0.4 is 11.3 Å². The van der Waals surface area contributed by atoms with E-state index in [0.29, 0.717) is 11.5 Å². The van der Waals surface area contributed by atoms with E-state index in [-0.39, 0.29) is 43.5 Å². The second-order valence-electron chi connectivity index (χ2n) is 9.02. The number of imidazole rings is 2. The van der Waals surface area contributed by atoms with Gasteiger partial charge in [-0.3, -0.25) is 23.9 Å². The number of nitrogen functional groups attached to an aromatic ring is 1. The number of ether oxygens (including phenoxy) is 2. The summed E-state index contributed by atoms with van der Waals surface area (Å²) in [5.41, 5.74) is 6.30. The molecule has 0 amide bonds. The van der Waals surface area contributed by atoms with E-state index in [4.69, 9.17) is 40.6 Å². The second kappa shape index (κ2) is 13.4. The summed E-state index contributed by atoms with van der Waals surface area (Å²) in [5, 5.41) is -0.751. The maximum Gasteiger partial charge on any atom is 0.364 e. The third-order valence-electron chi connectivity index (χ3n) is 6.25. The van der Waals surface area contributed by atoms with E-state index < -0.39 is 42.2 Å². The number of hydrogen-bond acceptors (Lipinski definition) is 13. The highest BCUT2D eigenvalue weighted by molar-refractivity contribution is 8.07. The maximum atomic E-state index is 15.6. The summed E-state index contributed by atoms with van der Waals surface area (Å²) in [5.74, 6) is 0.108. The summed E-state index contributed by atoms with van der Waals surface area (Å²) in [6.07, 6.45) is 0.296. The number of hydrogen-bond donors (Lipinski definition) is 4. The van der Waals surface area contributed by atoms with Crippen molar-refractivity contribution in [1.82, 2.24) is 34.1 Å². The van der Waals surface area contributed by atoms with Crippen LogP contribution in [0, 0.1) is 0 Å². The Morgan fingerprint density at radius 3 is 2.84 bits per heavy atom. The Hall–Kier alpha value is -2.86. The van der Waals surface area contributed by atoms with Gasteiger partial charge >= 0.3 is 12.0 Å². The molecule has 4 aromatic rings. The van der Waals surface area contributed by atoms with Crippen LogP contribution in [0.25, 0.3) is 22.4 Å². The molecule has 1 fully saturated rings. The van der Waals surface area contributed by atoms with Gasteiger partial charge in [0.05, 0.1) is 25.2 Å². The molecule has 4 aromatic heterocycles. The normalized spacial score (nSPS) is 21.7. The summed E-state index contributed by atoms with van der Waals surface area (Å²) < 4.78 is 45.5. The lowest BCUT2D eigenvalue weighted by atomic mass is 10.1. The smallest absolute Gasteiger partial charge is 0.364 e. The first-order chi connectivity index (χ1) is 20.6. The monoisotopic (exact) mass is 674 g/mol. The average Bonchev–Trinajstić information content (AvgIpc) is 3.65. The molecule has 0 bridgehead atoms.